The van der Waals surface area contributed by atoms with Crippen molar-refractivity contribution in [1.82, 2.24) is 9.38 Å². The van der Waals surface area contributed by atoms with Crippen LogP contribution in [0.15, 0.2) is 42.7 Å². The minimum absolute atomic E-state index is 0.00831. The van der Waals surface area contributed by atoms with Crippen molar-refractivity contribution in [3.8, 4) is 11.8 Å². The predicted molar refractivity (Wildman–Crippen MR) is 102 cm³/mol. The maximum absolute atomic E-state index is 12.7. The minimum atomic E-state index is -4.33. The van der Waals surface area contributed by atoms with Crippen molar-refractivity contribution in [3.63, 3.8) is 0 Å². The predicted octanol–water partition coefficient (Wildman–Crippen LogP) is 4.53. The summed E-state index contributed by atoms with van der Waals surface area (Å²) in [7, 11) is 1.65. The molecule has 2 atom stereocenters. The molecule has 0 radical (unpaired) electrons. The zero-order chi connectivity index (χ0) is 20.6. The average Bonchev–Trinajstić information content (AvgIpc) is 3.37. The fourth-order valence-corrected chi connectivity index (χ4v) is 3.76. The lowest BCUT2D eigenvalue weighted by molar-refractivity contribution is -0.127. The molecule has 0 bridgehead atoms. The van der Waals surface area contributed by atoms with Gasteiger partial charge >= 0.3 is 6.18 Å². The molecule has 0 aliphatic heterocycles. The van der Waals surface area contributed by atoms with Crippen molar-refractivity contribution < 1.29 is 17.9 Å². The molecule has 2 aromatic heterocycles. The number of nitriles is 1. The van der Waals surface area contributed by atoms with E-state index in [-0.39, 0.29) is 16.9 Å². The van der Waals surface area contributed by atoms with E-state index in [4.69, 9.17) is 4.74 Å². The summed E-state index contributed by atoms with van der Waals surface area (Å²) in [6.07, 6.45) is -1.71. The maximum atomic E-state index is 12.7. The van der Waals surface area contributed by atoms with Gasteiger partial charge in [-0.25, -0.2) is 4.98 Å². The van der Waals surface area contributed by atoms with Crippen LogP contribution in [-0.2, 0) is 6.42 Å². The van der Waals surface area contributed by atoms with Crippen LogP contribution in [0.3, 0.4) is 0 Å². The first-order valence-electron chi connectivity index (χ1n) is 9.24. The first-order chi connectivity index (χ1) is 13.9. The van der Waals surface area contributed by atoms with Crippen LogP contribution >= 0.6 is 0 Å². The van der Waals surface area contributed by atoms with E-state index in [1.165, 1.54) is 22.4 Å². The van der Waals surface area contributed by atoms with E-state index in [1.807, 2.05) is 18.2 Å². The van der Waals surface area contributed by atoms with E-state index >= 15 is 0 Å². The van der Waals surface area contributed by atoms with Gasteiger partial charge in [0.1, 0.15) is 17.4 Å². The molecule has 8 heteroatoms. The Morgan fingerprint density at radius 2 is 2.10 bits per heavy atom. The van der Waals surface area contributed by atoms with Crippen LogP contribution < -0.4 is 10.1 Å². The summed E-state index contributed by atoms with van der Waals surface area (Å²) in [6, 6.07) is 11.6. The fourth-order valence-electron chi connectivity index (χ4n) is 3.76. The molecule has 1 N–H and O–H groups in total. The number of methoxy groups -OCH3 is 1. The number of nitrogens with zero attached hydrogens (tertiary/aromatic N) is 3. The number of ether oxygens (including phenoxy) is 1. The number of pyridine rings is 1. The van der Waals surface area contributed by atoms with Crippen molar-refractivity contribution in [2.45, 2.75) is 24.9 Å². The van der Waals surface area contributed by atoms with E-state index in [1.54, 1.807) is 13.2 Å². The molecule has 150 valence electrons. The number of hydrogen-bond donors (Lipinski definition) is 1. The highest BCUT2D eigenvalue weighted by Gasteiger charge is 2.39. The van der Waals surface area contributed by atoms with Gasteiger partial charge in [0.15, 0.2) is 5.65 Å². The van der Waals surface area contributed by atoms with Gasteiger partial charge < -0.3 is 14.5 Å². The number of para-hydroxylation sites is 1. The summed E-state index contributed by atoms with van der Waals surface area (Å²) >= 11 is 0. The second-order valence-electron chi connectivity index (χ2n) is 7.18. The van der Waals surface area contributed by atoms with Crippen LogP contribution in [0.1, 0.15) is 29.2 Å². The standard InChI is InChI=1S/C21H19F3N4O/c1-29-19-5-3-2-4-15(19)16-8-13(16)11-26-18-6-7-28-14(9-21(22,23)24)12-27-20(28)17(18)10-25/h2-7,12-13,16,26H,8-9,11H2,1H3. The number of alkyl halides is 3. The lowest BCUT2D eigenvalue weighted by Crippen LogP contribution is -2.13. The Morgan fingerprint density at radius 1 is 1.31 bits per heavy atom. The number of aromatic nitrogens is 2. The summed E-state index contributed by atoms with van der Waals surface area (Å²) in [5.41, 5.74) is 2.23. The molecule has 1 aliphatic rings. The Balaban J connectivity index is 1.50. The van der Waals surface area contributed by atoms with Crippen LogP contribution in [0.4, 0.5) is 18.9 Å². The van der Waals surface area contributed by atoms with Gasteiger partial charge in [0.2, 0.25) is 0 Å². The van der Waals surface area contributed by atoms with E-state index < -0.39 is 12.6 Å². The summed E-state index contributed by atoms with van der Waals surface area (Å²) < 4.78 is 44.9. The van der Waals surface area contributed by atoms with Gasteiger partial charge in [-0.15, -0.1) is 0 Å². The van der Waals surface area contributed by atoms with Crippen molar-refractivity contribution >= 4 is 11.3 Å². The van der Waals surface area contributed by atoms with Crippen LogP contribution in [-0.4, -0.2) is 29.2 Å². The van der Waals surface area contributed by atoms with Crippen LogP contribution in [0, 0.1) is 17.2 Å². The van der Waals surface area contributed by atoms with Crippen molar-refractivity contribution in [1.29, 1.82) is 5.26 Å². The molecular weight excluding hydrogens is 381 g/mol. The van der Waals surface area contributed by atoms with Gasteiger partial charge in [-0.2, -0.15) is 18.4 Å². The van der Waals surface area contributed by atoms with Gasteiger partial charge in [0.05, 0.1) is 24.9 Å². The third-order valence-corrected chi connectivity index (χ3v) is 5.27. The number of anilines is 1. The lowest BCUT2D eigenvalue weighted by atomic mass is 10.1. The molecule has 3 aromatic rings. The van der Waals surface area contributed by atoms with Crippen LogP contribution in [0.5, 0.6) is 5.75 Å². The lowest BCUT2D eigenvalue weighted by Gasteiger charge is -2.11. The molecule has 0 saturated heterocycles. The Kier molecular flexibility index (Phi) is 4.82. The molecule has 29 heavy (non-hydrogen) atoms. The molecule has 2 heterocycles. The normalized spacial score (nSPS) is 18.4. The highest BCUT2D eigenvalue weighted by atomic mass is 19.4. The topological polar surface area (TPSA) is 62.4 Å². The zero-order valence-electron chi connectivity index (χ0n) is 15.7. The molecule has 0 spiro atoms. The minimum Gasteiger partial charge on any atom is -0.496 e. The third-order valence-electron chi connectivity index (χ3n) is 5.27. The van der Waals surface area contributed by atoms with Gasteiger partial charge in [-0.05, 0) is 36.0 Å². The van der Waals surface area contributed by atoms with Gasteiger partial charge in [-0.3, -0.25) is 0 Å². The van der Waals surface area contributed by atoms with Gasteiger partial charge in [0.25, 0.3) is 0 Å². The van der Waals surface area contributed by atoms with E-state index in [0.717, 1.165) is 12.2 Å². The van der Waals surface area contributed by atoms with Crippen molar-refractivity contribution in [3.05, 3.63) is 59.5 Å². The van der Waals surface area contributed by atoms with Gasteiger partial charge in [-0.1, -0.05) is 18.2 Å². The van der Waals surface area contributed by atoms with Crippen molar-refractivity contribution in [2.24, 2.45) is 5.92 Å². The highest BCUT2D eigenvalue weighted by molar-refractivity contribution is 5.70. The highest BCUT2D eigenvalue weighted by Crippen LogP contribution is 2.50. The van der Waals surface area contributed by atoms with E-state index in [9.17, 15) is 18.4 Å². The second kappa shape index (κ2) is 7.32. The monoisotopic (exact) mass is 400 g/mol. The summed E-state index contributed by atoms with van der Waals surface area (Å²) in [6.45, 7) is 0.656. The molecule has 0 amide bonds. The van der Waals surface area contributed by atoms with Gasteiger partial charge in [0, 0.05) is 18.9 Å². The smallest absolute Gasteiger partial charge is 0.394 e. The molecule has 5 nitrogen and oxygen atoms in total. The zero-order valence-corrected chi connectivity index (χ0v) is 15.7. The SMILES string of the molecule is COc1ccccc1C1CC1CNc1ccn2c(CC(F)(F)F)cnc2c1C#N. The molecule has 1 fully saturated rings. The molecule has 2 unspecified atom stereocenters. The second-order valence-corrected chi connectivity index (χ2v) is 7.18. The first kappa shape index (κ1) is 19.1. The molecule has 4 rings (SSSR count). The Morgan fingerprint density at radius 3 is 2.83 bits per heavy atom. The number of imidazole rings is 1. The number of nitrogens with one attached hydrogen (secondary N) is 1. The summed E-state index contributed by atoms with van der Waals surface area (Å²) in [5.74, 6) is 1.65. The average molecular weight is 400 g/mol. The maximum Gasteiger partial charge on any atom is 0.394 e. The fraction of sp³-hybridized carbons (Fsp3) is 0.333. The summed E-state index contributed by atoms with van der Waals surface area (Å²) in [4.78, 5) is 4.05. The van der Waals surface area contributed by atoms with E-state index in [0.29, 0.717) is 24.1 Å². The summed E-state index contributed by atoms with van der Waals surface area (Å²) in [5, 5.41) is 12.8. The molecule has 1 aliphatic carbocycles. The first-order valence-corrected chi connectivity index (χ1v) is 9.24. The Hall–Kier alpha value is -3.21. The Bertz CT molecular complexity index is 1080. The Labute approximate surface area is 165 Å². The number of benzene rings is 1. The van der Waals surface area contributed by atoms with Crippen molar-refractivity contribution in [2.75, 3.05) is 19.0 Å². The van der Waals surface area contributed by atoms with Crippen LogP contribution in [0.2, 0.25) is 0 Å². The third kappa shape index (κ3) is 3.86. The number of rotatable bonds is 6. The van der Waals surface area contributed by atoms with Crippen LogP contribution in [0.25, 0.3) is 5.65 Å². The number of halogens is 3. The number of fused-ring (bicyclic) bond motifs is 1. The molecule has 1 saturated carbocycles. The molecule has 1 aromatic carbocycles. The number of hydrogen-bond acceptors (Lipinski definition) is 4. The van der Waals surface area contributed by atoms with E-state index in [2.05, 4.69) is 22.4 Å². The quantitative estimate of drug-likeness (QED) is 0.660. The molecular formula is C21H19F3N4O. The largest absolute Gasteiger partial charge is 0.496 e.